The molecule has 3 rings (SSSR count). The average Bonchev–Trinajstić information content (AvgIpc) is 3.06. The Morgan fingerprint density at radius 1 is 1.24 bits per heavy atom. The highest BCUT2D eigenvalue weighted by atomic mass is 19.1. The molecule has 0 saturated carbocycles. The Morgan fingerprint density at radius 3 is 2.88 bits per heavy atom. The number of carbonyl (C=O) groups excluding carboxylic acids is 1. The van der Waals surface area contributed by atoms with Gasteiger partial charge in [0.2, 0.25) is 0 Å². The maximum Gasteiger partial charge on any atom is 0.258 e. The van der Waals surface area contributed by atoms with Crippen LogP contribution in [-0.2, 0) is 16.1 Å². The van der Waals surface area contributed by atoms with Crippen molar-refractivity contribution in [1.29, 1.82) is 0 Å². The number of halogens is 1. The van der Waals surface area contributed by atoms with Crippen molar-refractivity contribution >= 4 is 11.6 Å². The Labute approximate surface area is 145 Å². The van der Waals surface area contributed by atoms with Gasteiger partial charge in [-0.15, -0.1) is 0 Å². The molecule has 0 fully saturated rings. The van der Waals surface area contributed by atoms with Gasteiger partial charge in [-0.3, -0.25) is 4.79 Å². The van der Waals surface area contributed by atoms with Gasteiger partial charge in [-0.1, -0.05) is 35.5 Å². The van der Waals surface area contributed by atoms with Crippen molar-refractivity contribution in [3.05, 3.63) is 66.0 Å². The summed E-state index contributed by atoms with van der Waals surface area (Å²) in [6.07, 6.45) is 0.944. The number of oxime groups is 1. The normalized spacial score (nSPS) is 16.0. The second-order valence-electron chi connectivity index (χ2n) is 5.80. The van der Waals surface area contributed by atoms with E-state index in [-0.39, 0.29) is 24.4 Å². The molecule has 0 aliphatic carbocycles. The summed E-state index contributed by atoms with van der Waals surface area (Å²) in [4.78, 5) is 17.1. The Bertz CT molecular complexity index is 749. The number of nitrogens with one attached hydrogen (secondary N) is 1. The number of rotatable bonds is 7. The van der Waals surface area contributed by atoms with Crippen LogP contribution < -0.4 is 10.1 Å². The van der Waals surface area contributed by atoms with Gasteiger partial charge in [0.25, 0.3) is 5.91 Å². The molecular weight excluding hydrogens is 323 g/mol. The van der Waals surface area contributed by atoms with Gasteiger partial charge < -0.3 is 14.9 Å². The molecule has 2 aromatic rings. The standard InChI is InChI=1S/C19H19FN2O3/c20-15-6-4-5-14(9-15)10-16-11-18(25-22-16)12-21-19(23)13-24-17-7-2-1-3-8-17/h1-9,18H,10-13H2,(H,21,23). The van der Waals surface area contributed by atoms with Crippen LogP contribution in [0.25, 0.3) is 0 Å². The van der Waals surface area contributed by atoms with Crippen LogP contribution in [0.5, 0.6) is 5.75 Å². The van der Waals surface area contributed by atoms with E-state index in [9.17, 15) is 9.18 Å². The monoisotopic (exact) mass is 342 g/mol. The molecule has 1 unspecified atom stereocenters. The van der Waals surface area contributed by atoms with E-state index < -0.39 is 0 Å². The summed E-state index contributed by atoms with van der Waals surface area (Å²) in [5.41, 5.74) is 1.69. The number of para-hydroxylation sites is 1. The number of benzene rings is 2. The molecule has 25 heavy (non-hydrogen) atoms. The predicted octanol–water partition coefficient (Wildman–Crippen LogP) is 2.71. The zero-order valence-corrected chi connectivity index (χ0v) is 13.7. The number of nitrogens with zero attached hydrogens (tertiary/aromatic N) is 1. The van der Waals surface area contributed by atoms with Gasteiger partial charge >= 0.3 is 0 Å². The lowest BCUT2D eigenvalue weighted by Gasteiger charge is -2.10. The van der Waals surface area contributed by atoms with E-state index in [2.05, 4.69) is 10.5 Å². The second kappa shape index (κ2) is 8.28. The Morgan fingerprint density at radius 2 is 2.08 bits per heavy atom. The van der Waals surface area contributed by atoms with Gasteiger partial charge in [0.1, 0.15) is 17.7 Å². The van der Waals surface area contributed by atoms with Crippen LogP contribution in [0.4, 0.5) is 4.39 Å². The summed E-state index contributed by atoms with van der Waals surface area (Å²) >= 11 is 0. The van der Waals surface area contributed by atoms with Gasteiger partial charge in [0.15, 0.2) is 6.61 Å². The number of amides is 1. The van der Waals surface area contributed by atoms with Crippen LogP contribution in [0.3, 0.4) is 0 Å². The zero-order chi connectivity index (χ0) is 17.5. The van der Waals surface area contributed by atoms with Crippen molar-refractivity contribution in [2.45, 2.75) is 18.9 Å². The molecule has 0 saturated heterocycles. The van der Waals surface area contributed by atoms with Crippen molar-refractivity contribution < 1.29 is 18.8 Å². The third-order valence-electron chi connectivity index (χ3n) is 3.73. The average molecular weight is 342 g/mol. The molecule has 1 aliphatic rings. The molecule has 0 spiro atoms. The van der Waals surface area contributed by atoms with E-state index in [4.69, 9.17) is 9.57 Å². The predicted molar refractivity (Wildman–Crippen MR) is 92.0 cm³/mol. The Balaban J connectivity index is 1.37. The van der Waals surface area contributed by atoms with Crippen LogP contribution >= 0.6 is 0 Å². The number of ether oxygens (including phenoxy) is 1. The molecule has 1 heterocycles. The van der Waals surface area contributed by atoms with E-state index in [0.29, 0.717) is 25.1 Å². The molecule has 0 radical (unpaired) electrons. The van der Waals surface area contributed by atoms with Gasteiger partial charge in [0.05, 0.1) is 12.3 Å². The van der Waals surface area contributed by atoms with Gasteiger partial charge in [-0.2, -0.15) is 0 Å². The van der Waals surface area contributed by atoms with Crippen LogP contribution in [0.15, 0.2) is 59.8 Å². The highest BCUT2D eigenvalue weighted by Gasteiger charge is 2.21. The third-order valence-corrected chi connectivity index (χ3v) is 3.73. The molecule has 2 aromatic carbocycles. The van der Waals surface area contributed by atoms with Gasteiger partial charge in [-0.05, 0) is 29.8 Å². The minimum Gasteiger partial charge on any atom is -0.484 e. The fourth-order valence-electron chi connectivity index (χ4n) is 2.53. The Hall–Kier alpha value is -2.89. The van der Waals surface area contributed by atoms with E-state index in [1.807, 2.05) is 24.3 Å². The maximum absolute atomic E-state index is 13.2. The summed E-state index contributed by atoms with van der Waals surface area (Å²) in [6.45, 7) is 0.306. The molecule has 1 N–H and O–H groups in total. The fraction of sp³-hybridized carbons (Fsp3) is 0.263. The van der Waals surface area contributed by atoms with Crippen LogP contribution in [0.1, 0.15) is 12.0 Å². The molecule has 5 nitrogen and oxygen atoms in total. The van der Waals surface area contributed by atoms with Crippen LogP contribution in [0.2, 0.25) is 0 Å². The minimum atomic E-state index is -0.265. The molecule has 0 aromatic heterocycles. The second-order valence-corrected chi connectivity index (χ2v) is 5.80. The maximum atomic E-state index is 13.2. The van der Waals surface area contributed by atoms with Crippen LogP contribution in [-0.4, -0.2) is 30.9 Å². The topological polar surface area (TPSA) is 59.9 Å². The van der Waals surface area contributed by atoms with E-state index >= 15 is 0 Å². The van der Waals surface area contributed by atoms with Crippen molar-refractivity contribution in [1.82, 2.24) is 5.32 Å². The van der Waals surface area contributed by atoms with Crippen molar-refractivity contribution in [2.24, 2.45) is 5.16 Å². The lowest BCUT2D eigenvalue weighted by molar-refractivity contribution is -0.123. The van der Waals surface area contributed by atoms with Crippen LogP contribution in [0, 0.1) is 5.82 Å². The highest BCUT2D eigenvalue weighted by molar-refractivity contribution is 5.87. The number of carbonyl (C=O) groups is 1. The van der Waals surface area contributed by atoms with Crippen molar-refractivity contribution in [2.75, 3.05) is 13.2 Å². The zero-order valence-electron chi connectivity index (χ0n) is 13.7. The molecular formula is C19H19FN2O3. The summed E-state index contributed by atoms with van der Waals surface area (Å²) in [7, 11) is 0. The Kier molecular flexibility index (Phi) is 5.61. The summed E-state index contributed by atoms with van der Waals surface area (Å²) < 4.78 is 18.6. The van der Waals surface area contributed by atoms with E-state index in [1.54, 1.807) is 18.2 Å². The minimum absolute atomic E-state index is 0.0479. The number of hydrogen-bond donors (Lipinski definition) is 1. The largest absolute Gasteiger partial charge is 0.484 e. The quantitative estimate of drug-likeness (QED) is 0.842. The molecule has 6 heteroatoms. The molecule has 0 bridgehead atoms. The lowest BCUT2D eigenvalue weighted by atomic mass is 10.0. The van der Waals surface area contributed by atoms with Gasteiger partial charge in [-0.25, -0.2) is 4.39 Å². The molecule has 130 valence electrons. The summed E-state index contributed by atoms with van der Waals surface area (Å²) in [5.74, 6) is 0.167. The SMILES string of the molecule is O=C(COc1ccccc1)NCC1CC(Cc2cccc(F)c2)=NO1. The van der Waals surface area contributed by atoms with E-state index in [1.165, 1.54) is 12.1 Å². The first-order valence-electron chi connectivity index (χ1n) is 8.09. The lowest BCUT2D eigenvalue weighted by Crippen LogP contribution is -2.35. The third kappa shape index (κ3) is 5.31. The van der Waals surface area contributed by atoms with Gasteiger partial charge in [0, 0.05) is 12.8 Å². The van der Waals surface area contributed by atoms with E-state index in [0.717, 1.165) is 11.3 Å². The molecule has 1 aliphatic heterocycles. The first-order chi connectivity index (χ1) is 12.2. The molecule has 1 atom stereocenters. The summed E-state index contributed by atoms with van der Waals surface area (Å²) in [5, 5.41) is 6.79. The first-order valence-corrected chi connectivity index (χ1v) is 8.09. The smallest absolute Gasteiger partial charge is 0.258 e. The van der Waals surface area contributed by atoms with Crippen molar-refractivity contribution in [3.8, 4) is 5.75 Å². The fourth-order valence-corrected chi connectivity index (χ4v) is 2.53. The molecule has 1 amide bonds. The number of hydrogen-bond acceptors (Lipinski definition) is 4. The summed E-state index contributed by atoms with van der Waals surface area (Å²) in [6, 6.07) is 15.6. The van der Waals surface area contributed by atoms with Crippen molar-refractivity contribution in [3.63, 3.8) is 0 Å². The first kappa shape index (κ1) is 17.0. The highest BCUT2D eigenvalue weighted by Crippen LogP contribution is 2.15.